The number of hydrogen-bond acceptors (Lipinski definition) is 3. The van der Waals surface area contributed by atoms with E-state index in [9.17, 15) is 14.3 Å². The molecule has 0 aliphatic carbocycles. The van der Waals surface area contributed by atoms with Crippen LogP contribution in [0.1, 0.15) is 10.4 Å². The number of anilines is 1. The molecule has 98 valence electrons. The van der Waals surface area contributed by atoms with Gasteiger partial charge in [0.1, 0.15) is 17.3 Å². The fraction of sp³-hybridized carbons (Fsp3) is 0.0714. The largest absolute Gasteiger partial charge is 0.507 e. The highest BCUT2D eigenvalue weighted by Crippen LogP contribution is 2.20. The van der Waals surface area contributed by atoms with Crippen molar-refractivity contribution in [2.75, 3.05) is 12.4 Å². The van der Waals surface area contributed by atoms with Gasteiger partial charge in [0.2, 0.25) is 0 Å². The minimum atomic E-state index is -0.599. The average molecular weight is 261 g/mol. The summed E-state index contributed by atoms with van der Waals surface area (Å²) in [7, 11) is 1.55. The predicted molar refractivity (Wildman–Crippen MR) is 69.0 cm³/mol. The number of halogens is 1. The fourth-order valence-electron chi connectivity index (χ4n) is 1.57. The van der Waals surface area contributed by atoms with E-state index in [-0.39, 0.29) is 5.56 Å². The molecule has 0 aliphatic heterocycles. The number of amides is 1. The fourth-order valence-corrected chi connectivity index (χ4v) is 1.57. The van der Waals surface area contributed by atoms with Gasteiger partial charge in [0.25, 0.3) is 5.91 Å². The summed E-state index contributed by atoms with van der Waals surface area (Å²) < 4.78 is 17.8. The van der Waals surface area contributed by atoms with Gasteiger partial charge in [0, 0.05) is 11.8 Å². The maximum atomic E-state index is 12.8. The van der Waals surface area contributed by atoms with Crippen LogP contribution in [-0.4, -0.2) is 18.1 Å². The molecule has 5 heteroatoms. The number of ether oxygens (including phenoxy) is 1. The van der Waals surface area contributed by atoms with Crippen LogP contribution in [0.4, 0.5) is 10.1 Å². The van der Waals surface area contributed by atoms with E-state index in [1.807, 2.05) is 0 Å². The Morgan fingerprint density at radius 1 is 1.21 bits per heavy atom. The zero-order valence-corrected chi connectivity index (χ0v) is 10.2. The van der Waals surface area contributed by atoms with Crippen molar-refractivity contribution in [1.82, 2.24) is 0 Å². The lowest BCUT2D eigenvalue weighted by Gasteiger charge is -2.07. The summed E-state index contributed by atoms with van der Waals surface area (Å²) in [6, 6.07) is 9.95. The third-order valence-electron chi connectivity index (χ3n) is 2.55. The van der Waals surface area contributed by atoms with Crippen molar-refractivity contribution in [3.05, 3.63) is 53.8 Å². The van der Waals surface area contributed by atoms with E-state index in [2.05, 4.69) is 5.32 Å². The summed E-state index contributed by atoms with van der Waals surface area (Å²) in [5.41, 5.74) is 0.562. The van der Waals surface area contributed by atoms with Gasteiger partial charge in [-0.25, -0.2) is 4.39 Å². The number of methoxy groups -OCH3 is 1. The number of rotatable bonds is 3. The van der Waals surface area contributed by atoms with Crippen LogP contribution in [0.2, 0.25) is 0 Å². The van der Waals surface area contributed by atoms with Crippen LogP contribution in [0.3, 0.4) is 0 Å². The summed E-state index contributed by atoms with van der Waals surface area (Å²) in [6.07, 6.45) is 0. The van der Waals surface area contributed by atoms with E-state index in [0.29, 0.717) is 11.4 Å². The monoisotopic (exact) mass is 261 g/mol. The van der Waals surface area contributed by atoms with Crippen LogP contribution >= 0.6 is 0 Å². The molecule has 2 rings (SSSR count). The quantitative estimate of drug-likeness (QED) is 0.893. The molecule has 4 nitrogen and oxygen atoms in total. The normalized spacial score (nSPS) is 10.0. The van der Waals surface area contributed by atoms with E-state index in [1.165, 1.54) is 6.07 Å². The molecular formula is C14H12FNO3. The number of carbonyl (C=O) groups is 1. The van der Waals surface area contributed by atoms with Crippen LogP contribution < -0.4 is 10.1 Å². The smallest absolute Gasteiger partial charge is 0.259 e. The van der Waals surface area contributed by atoms with Gasteiger partial charge in [-0.3, -0.25) is 4.79 Å². The van der Waals surface area contributed by atoms with Gasteiger partial charge in [-0.1, -0.05) is 0 Å². The topological polar surface area (TPSA) is 58.6 Å². The second kappa shape index (κ2) is 5.39. The molecule has 0 atom stereocenters. The van der Waals surface area contributed by atoms with Crippen LogP contribution in [-0.2, 0) is 0 Å². The Kier molecular flexibility index (Phi) is 3.66. The molecule has 0 saturated heterocycles. The number of hydrogen-bond donors (Lipinski definition) is 2. The van der Waals surface area contributed by atoms with Gasteiger partial charge >= 0.3 is 0 Å². The molecule has 0 unspecified atom stereocenters. The third kappa shape index (κ3) is 3.01. The molecule has 0 heterocycles. The molecule has 1 amide bonds. The molecule has 0 saturated carbocycles. The number of carbonyl (C=O) groups excluding carboxylic acids is 1. The summed E-state index contributed by atoms with van der Waals surface area (Å²) >= 11 is 0. The molecule has 2 aromatic carbocycles. The molecule has 0 spiro atoms. The van der Waals surface area contributed by atoms with Crippen molar-refractivity contribution in [2.24, 2.45) is 0 Å². The summed E-state index contributed by atoms with van der Waals surface area (Å²) in [5, 5.41) is 12.1. The number of benzene rings is 2. The molecule has 19 heavy (non-hydrogen) atoms. The molecular weight excluding hydrogens is 249 g/mol. The molecule has 0 aromatic heterocycles. The average Bonchev–Trinajstić information content (AvgIpc) is 2.39. The summed E-state index contributed by atoms with van der Waals surface area (Å²) in [4.78, 5) is 11.9. The van der Waals surface area contributed by atoms with Crippen LogP contribution in [0, 0.1) is 5.82 Å². The van der Waals surface area contributed by atoms with Crippen molar-refractivity contribution >= 4 is 11.6 Å². The first kappa shape index (κ1) is 12.9. The van der Waals surface area contributed by atoms with Crippen molar-refractivity contribution in [3.63, 3.8) is 0 Å². The first-order valence-electron chi connectivity index (χ1n) is 5.54. The Bertz CT molecular complexity index is 596. The Hall–Kier alpha value is -2.56. The van der Waals surface area contributed by atoms with Gasteiger partial charge in [0.15, 0.2) is 0 Å². The van der Waals surface area contributed by atoms with Crippen molar-refractivity contribution in [2.45, 2.75) is 0 Å². The number of phenolic OH excluding ortho intramolecular Hbond substituents is 1. The van der Waals surface area contributed by atoms with Crippen molar-refractivity contribution in [3.8, 4) is 11.5 Å². The lowest BCUT2D eigenvalue weighted by molar-refractivity contribution is 0.102. The second-order valence-corrected chi connectivity index (χ2v) is 3.84. The van der Waals surface area contributed by atoms with Crippen LogP contribution in [0.5, 0.6) is 11.5 Å². The van der Waals surface area contributed by atoms with E-state index in [1.54, 1.807) is 31.4 Å². The lowest BCUT2D eigenvalue weighted by atomic mass is 10.1. The maximum absolute atomic E-state index is 12.8. The van der Waals surface area contributed by atoms with Crippen molar-refractivity contribution in [1.29, 1.82) is 0 Å². The SMILES string of the molecule is COc1ccc(NC(=O)c2ccc(F)cc2O)cc1. The molecule has 2 N–H and O–H groups in total. The third-order valence-corrected chi connectivity index (χ3v) is 2.55. The number of aromatic hydroxyl groups is 1. The minimum Gasteiger partial charge on any atom is -0.507 e. The van der Waals surface area contributed by atoms with Crippen molar-refractivity contribution < 1.29 is 19.0 Å². The van der Waals surface area contributed by atoms with E-state index >= 15 is 0 Å². The Balaban J connectivity index is 2.15. The van der Waals surface area contributed by atoms with Crippen LogP contribution in [0.25, 0.3) is 0 Å². The van der Waals surface area contributed by atoms with E-state index < -0.39 is 17.5 Å². The highest BCUT2D eigenvalue weighted by Gasteiger charge is 2.11. The first-order valence-corrected chi connectivity index (χ1v) is 5.54. The molecule has 0 fully saturated rings. The second-order valence-electron chi connectivity index (χ2n) is 3.84. The molecule has 0 radical (unpaired) electrons. The van der Waals surface area contributed by atoms with E-state index in [4.69, 9.17) is 4.74 Å². The Morgan fingerprint density at radius 3 is 2.47 bits per heavy atom. The van der Waals surface area contributed by atoms with E-state index in [0.717, 1.165) is 12.1 Å². The zero-order valence-electron chi connectivity index (χ0n) is 10.2. The van der Waals surface area contributed by atoms with Gasteiger partial charge in [0.05, 0.1) is 12.7 Å². The molecule has 0 aliphatic rings. The van der Waals surface area contributed by atoms with Crippen LogP contribution in [0.15, 0.2) is 42.5 Å². The summed E-state index contributed by atoms with van der Waals surface area (Å²) in [5.74, 6) is -0.838. The Morgan fingerprint density at radius 2 is 1.89 bits per heavy atom. The predicted octanol–water partition coefficient (Wildman–Crippen LogP) is 2.79. The maximum Gasteiger partial charge on any atom is 0.259 e. The van der Waals surface area contributed by atoms with Gasteiger partial charge in [-0.05, 0) is 36.4 Å². The number of phenols is 1. The zero-order chi connectivity index (χ0) is 13.8. The lowest BCUT2D eigenvalue weighted by Crippen LogP contribution is -2.12. The molecule has 2 aromatic rings. The van der Waals surface area contributed by atoms with Gasteiger partial charge in [-0.2, -0.15) is 0 Å². The van der Waals surface area contributed by atoms with Gasteiger partial charge in [-0.15, -0.1) is 0 Å². The Labute approximate surface area is 109 Å². The first-order chi connectivity index (χ1) is 9.10. The molecule has 0 bridgehead atoms. The minimum absolute atomic E-state index is 0.0113. The standard InChI is InChI=1S/C14H12FNO3/c1-19-11-5-3-10(4-6-11)16-14(18)12-7-2-9(15)8-13(12)17/h2-8,17H,1H3,(H,16,18). The van der Waals surface area contributed by atoms with Gasteiger partial charge < -0.3 is 15.2 Å². The highest BCUT2D eigenvalue weighted by molar-refractivity contribution is 6.06. The summed E-state index contributed by atoms with van der Waals surface area (Å²) in [6.45, 7) is 0. The highest BCUT2D eigenvalue weighted by atomic mass is 19.1. The number of nitrogens with one attached hydrogen (secondary N) is 1.